The topological polar surface area (TPSA) is 84.0 Å². The molecule has 2 N–H and O–H groups in total. The molecule has 0 saturated heterocycles. The van der Waals surface area contributed by atoms with Crippen LogP contribution in [-0.4, -0.2) is 31.2 Å². The van der Waals surface area contributed by atoms with Crippen LogP contribution < -0.4 is 10.0 Å². The highest BCUT2D eigenvalue weighted by Crippen LogP contribution is 2.33. The summed E-state index contributed by atoms with van der Waals surface area (Å²) in [5.41, 5.74) is 4.24. The molecule has 0 amide bonds. The van der Waals surface area contributed by atoms with Crippen LogP contribution >= 0.6 is 0 Å². The van der Waals surface area contributed by atoms with E-state index in [1.807, 2.05) is 48.5 Å². The van der Waals surface area contributed by atoms with Crippen molar-refractivity contribution < 1.29 is 8.42 Å². The van der Waals surface area contributed by atoms with Crippen molar-refractivity contribution in [3.05, 3.63) is 120 Å². The highest BCUT2D eigenvalue weighted by atomic mass is 32.2. The lowest BCUT2D eigenvalue weighted by atomic mass is 9.76. The van der Waals surface area contributed by atoms with Crippen LogP contribution in [0.4, 0.5) is 11.5 Å². The quantitative estimate of drug-likeness (QED) is 0.265. The van der Waals surface area contributed by atoms with E-state index >= 15 is 0 Å². The van der Waals surface area contributed by atoms with E-state index < -0.39 is 10.0 Å². The van der Waals surface area contributed by atoms with Crippen LogP contribution in [0.1, 0.15) is 18.1 Å². The number of benzene rings is 4. The molecule has 6 nitrogen and oxygen atoms in total. The fraction of sp³-hybridized carbons (Fsp3) is 0.133. The summed E-state index contributed by atoms with van der Waals surface area (Å²) < 4.78 is 25.6. The van der Waals surface area contributed by atoms with Gasteiger partial charge in [-0.2, -0.15) is 0 Å². The van der Waals surface area contributed by atoms with Crippen molar-refractivity contribution in [2.75, 3.05) is 22.8 Å². The van der Waals surface area contributed by atoms with Gasteiger partial charge in [0.05, 0.1) is 11.8 Å². The van der Waals surface area contributed by atoms with Crippen LogP contribution in [-0.2, 0) is 15.4 Å². The van der Waals surface area contributed by atoms with Crippen molar-refractivity contribution in [3.63, 3.8) is 0 Å². The van der Waals surface area contributed by atoms with Crippen LogP contribution in [0.25, 0.3) is 22.3 Å². The Bertz CT molecular complexity index is 1580. The fourth-order valence-electron chi connectivity index (χ4n) is 4.49. The number of nitrogens with one attached hydrogen (secondary N) is 2. The molecule has 0 saturated carbocycles. The summed E-state index contributed by atoms with van der Waals surface area (Å²) >= 11 is 0. The summed E-state index contributed by atoms with van der Waals surface area (Å²) in [4.78, 5) is 9.69. The highest BCUT2D eigenvalue weighted by Gasteiger charge is 2.29. The van der Waals surface area contributed by atoms with Crippen molar-refractivity contribution in [3.8, 4) is 11.4 Å². The third-order valence-electron chi connectivity index (χ3n) is 6.48. The van der Waals surface area contributed by atoms with Gasteiger partial charge in [0.25, 0.3) is 0 Å². The van der Waals surface area contributed by atoms with Gasteiger partial charge in [0.2, 0.25) is 10.0 Å². The van der Waals surface area contributed by atoms with E-state index in [4.69, 9.17) is 9.97 Å². The molecular weight excluding hydrogens is 480 g/mol. The lowest BCUT2D eigenvalue weighted by Crippen LogP contribution is -2.32. The molecule has 0 unspecified atom stereocenters. The minimum atomic E-state index is -3.35. The second-order valence-electron chi connectivity index (χ2n) is 9.28. The summed E-state index contributed by atoms with van der Waals surface area (Å²) in [5.74, 6) is 1.31. The molecule has 1 heterocycles. The van der Waals surface area contributed by atoms with Crippen molar-refractivity contribution >= 4 is 32.4 Å². The van der Waals surface area contributed by atoms with Gasteiger partial charge >= 0.3 is 0 Å². The SMILES string of the molecule is CC(CNc1nc(-c2ccc(NS(C)(=O)=O)cc2)nc2ccccc12)(c1ccccc1)c1ccccc1. The Balaban J connectivity index is 1.52. The van der Waals surface area contributed by atoms with Gasteiger partial charge in [-0.3, -0.25) is 4.72 Å². The molecule has 0 spiro atoms. The molecule has 4 aromatic carbocycles. The Hall–Kier alpha value is -4.23. The maximum Gasteiger partial charge on any atom is 0.229 e. The first-order valence-corrected chi connectivity index (χ1v) is 13.9. The van der Waals surface area contributed by atoms with Crippen molar-refractivity contribution in [1.29, 1.82) is 0 Å². The zero-order valence-electron chi connectivity index (χ0n) is 20.7. The van der Waals surface area contributed by atoms with Gasteiger partial charge in [-0.25, -0.2) is 18.4 Å². The molecule has 7 heteroatoms. The largest absolute Gasteiger partial charge is 0.368 e. The van der Waals surface area contributed by atoms with Gasteiger partial charge < -0.3 is 5.32 Å². The summed E-state index contributed by atoms with van der Waals surface area (Å²) in [6.07, 6.45) is 1.13. The number of hydrogen-bond donors (Lipinski definition) is 2. The lowest BCUT2D eigenvalue weighted by molar-refractivity contribution is 0.603. The molecule has 0 aliphatic heterocycles. The molecule has 5 aromatic rings. The number of sulfonamides is 1. The van der Waals surface area contributed by atoms with E-state index in [0.717, 1.165) is 28.5 Å². The number of aromatic nitrogens is 2. The first kappa shape index (κ1) is 24.5. The number of rotatable bonds is 8. The van der Waals surface area contributed by atoms with Crippen LogP contribution in [0.3, 0.4) is 0 Å². The second-order valence-corrected chi connectivity index (χ2v) is 11.0. The minimum Gasteiger partial charge on any atom is -0.368 e. The van der Waals surface area contributed by atoms with Gasteiger partial charge in [-0.1, -0.05) is 72.8 Å². The smallest absolute Gasteiger partial charge is 0.229 e. The monoisotopic (exact) mass is 508 g/mol. The van der Waals surface area contributed by atoms with Crippen LogP contribution in [0, 0.1) is 0 Å². The van der Waals surface area contributed by atoms with Gasteiger partial charge in [-0.15, -0.1) is 0 Å². The van der Waals surface area contributed by atoms with E-state index in [2.05, 4.69) is 65.5 Å². The molecule has 1 aromatic heterocycles. The molecule has 5 rings (SSSR count). The highest BCUT2D eigenvalue weighted by molar-refractivity contribution is 7.92. The summed E-state index contributed by atoms with van der Waals surface area (Å²) in [6.45, 7) is 2.86. The van der Waals surface area contributed by atoms with Crippen LogP contribution in [0.15, 0.2) is 109 Å². The molecule has 37 heavy (non-hydrogen) atoms. The third kappa shape index (κ3) is 5.47. The predicted molar refractivity (Wildman–Crippen MR) is 151 cm³/mol. The summed E-state index contributed by atoms with van der Waals surface area (Å²) in [6, 6.07) is 35.9. The van der Waals surface area contributed by atoms with Crippen LogP contribution in [0.5, 0.6) is 0 Å². The van der Waals surface area contributed by atoms with Gasteiger partial charge in [0, 0.05) is 28.6 Å². The average molecular weight is 509 g/mol. The molecule has 0 fully saturated rings. The fourth-order valence-corrected chi connectivity index (χ4v) is 5.05. The van der Waals surface area contributed by atoms with E-state index in [1.54, 1.807) is 12.1 Å². The average Bonchev–Trinajstić information content (AvgIpc) is 2.92. The van der Waals surface area contributed by atoms with Crippen molar-refractivity contribution in [1.82, 2.24) is 9.97 Å². The maximum absolute atomic E-state index is 11.6. The van der Waals surface area contributed by atoms with Gasteiger partial charge in [0.1, 0.15) is 5.82 Å². The van der Waals surface area contributed by atoms with Crippen molar-refractivity contribution in [2.24, 2.45) is 0 Å². The van der Waals surface area contributed by atoms with Gasteiger partial charge in [0.15, 0.2) is 5.82 Å². The van der Waals surface area contributed by atoms with E-state index in [1.165, 1.54) is 11.1 Å². The third-order valence-corrected chi connectivity index (χ3v) is 7.09. The number of hydrogen-bond acceptors (Lipinski definition) is 5. The first-order valence-electron chi connectivity index (χ1n) is 12.0. The van der Waals surface area contributed by atoms with E-state index in [0.29, 0.717) is 18.1 Å². The number of nitrogens with zero attached hydrogens (tertiary/aromatic N) is 2. The van der Waals surface area contributed by atoms with E-state index in [9.17, 15) is 8.42 Å². The summed E-state index contributed by atoms with van der Waals surface area (Å²) in [5, 5.41) is 4.57. The predicted octanol–water partition coefficient (Wildman–Crippen LogP) is 6.09. The zero-order chi connectivity index (χ0) is 25.9. The molecular formula is C30H28N4O2S. The standard InChI is InChI=1S/C30H28N4O2S/c1-30(23-11-5-3-6-12-23,24-13-7-4-8-14-24)21-31-29-26-15-9-10-16-27(26)32-28(33-29)22-17-19-25(20-18-22)34-37(2,35)36/h3-20,34H,21H2,1-2H3,(H,31,32,33). The molecule has 0 aliphatic carbocycles. The first-order chi connectivity index (χ1) is 17.8. The Morgan fingerprint density at radius 3 is 1.89 bits per heavy atom. The number of anilines is 2. The lowest BCUT2D eigenvalue weighted by Gasteiger charge is -2.31. The normalized spacial score (nSPS) is 11.8. The van der Waals surface area contributed by atoms with E-state index in [-0.39, 0.29) is 5.41 Å². The Morgan fingerprint density at radius 1 is 0.730 bits per heavy atom. The second kappa shape index (κ2) is 10.0. The molecule has 0 atom stereocenters. The molecule has 186 valence electrons. The Morgan fingerprint density at radius 2 is 1.30 bits per heavy atom. The molecule has 0 radical (unpaired) electrons. The maximum atomic E-state index is 11.6. The molecule has 0 aliphatic rings. The number of fused-ring (bicyclic) bond motifs is 1. The summed E-state index contributed by atoms with van der Waals surface area (Å²) in [7, 11) is -3.35. The van der Waals surface area contributed by atoms with Crippen LogP contribution in [0.2, 0.25) is 0 Å². The Kier molecular flexibility index (Phi) is 6.63. The molecule has 0 bridgehead atoms. The minimum absolute atomic E-state index is 0.298. The van der Waals surface area contributed by atoms with Crippen molar-refractivity contribution in [2.45, 2.75) is 12.3 Å². The number of para-hydroxylation sites is 1. The Labute approximate surface area is 217 Å². The van der Waals surface area contributed by atoms with Gasteiger partial charge in [-0.05, 0) is 54.4 Å². The zero-order valence-corrected chi connectivity index (χ0v) is 21.5.